The zero-order chi connectivity index (χ0) is 19.3. The maximum atomic E-state index is 13.1. The first-order valence-electron chi connectivity index (χ1n) is 9.18. The number of benzene rings is 3. The summed E-state index contributed by atoms with van der Waals surface area (Å²) in [6, 6.07) is 25.7. The minimum absolute atomic E-state index is 0.00424. The summed E-state index contributed by atoms with van der Waals surface area (Å²) in [6.45, 7) is 0.582. The van der Waals surface area contributed by atoms with Crippen molar-refractivity contribution in [2.24, 2.45) is 0 Å². The van der Waals surface area contributed by atoms with Crippen LogP contribution in [0, 0.1) is 0 Å². The second-order valence-electron chi connectivity index (χ2n) is 6.57. The van der Waals surface area contributed by atoms with E-state index in [1.54, 1.807) is 4.57 Å². The molecule has 0 aliphatic heterocycles. The first-order valence-corrected chi connectivity index (χ1v) is 9.97. The Morgan fingerprint density at radius 2 is 1.68 bits per heavy atom. The van der Waals surface area contributed by atoms with Crippen molar-refractivity contribution >= 4 is 39.0 Å². The lowest BCUT2D eigenvalue weighted by Gasteiger charge is -2.11. The molecule has 3 nitrogen and oxygen atoms in total. The number of aromatic nitrogens is 2. The summed E-state index contributed by atoms with van der Waals surface area (Å²) < 4.78 is 2.78. The van der Waals surface area contributed by atoms with Crippen molar-refractivity contribution in [3.8, 4) is 0 Å². The molecule has 4 heteroatoms. The molecular weight excluding hydrogens is 412 g/mol. The molecule has 0 saturated heterocycles. The Balaban J connectivity index is 1.75. The van der Waals surface area contributed by atoms with Gasteiger partial charge in [0, 0.05) is 11.0 Å². The third-order valence-electron chi connectivity index (χ3n) is 4.63. The van der Waals surface area contributed by atoms with Crippen LogP contribution in [0.4, 0.5) is 0 Å². The molecule has 4 aromatic rings. The van der Waals surface area contributed by atoms with Gasteiger partial charge in [0.05, 0.1) is 10.9 Å². The molecule has 1 heterocycles. The first kappa shape index (κ1) is 18.4. The molecule has 1 aromatic heterocycles. The number of hydrogen-bond acceptors (Lipinski definition) is 2. The Hall–Kier alpha value is -2.98. The molecule has 0 unspecified atom stereocenters. The Kier molecular flexibility index (Phi) is 5.49. The molecule has 0 N–H and O–H groups in total. The van der Waals surface area contributed by atoms with Crippen molar-refractivity contribution in [1.82, 2.24) is 9.55 Å². The molecule has 0 radical (unpaired) electrons. The standard InChI is InChI=1S/C24H19BrN2O/c25-20-10-6-9-19(17-20)13-14-23-26-22-12-5-4-11-21(22)24(28)27(23)16-15-18-7-2-1-3-8-18/h1-14,17H,15-16H2/b14-13+. The van der Waals surface area contributed by atoms with E-state index in [4.69, 9.17) is 4.98 Å². The third-order valence-corrected chi connectivity index (χ3v) is 5.12. The summed E-state index contributed by atoms with van der Waals surface area (Å²) >= 11 is 3.49. The maximum absolute atomic E-state index is 13.1. The number of para-hydroxylation sites is 1. The molecule has 0 atom stereocenters. The summed E-state index contributed by atoms with van der Waals surface area (Å²) in [5.74, 6) is 0.666. The van der Waals surface area contributed by atoms with Crippen molar-refractivity contribution in [3.63, 3.8) is 0 Å². The average molecular weight is 431 g/mol. The maximum Gasteiger partial charge on any atom is 0.261 e. The van der Waals surface area contributed by atoms with Gasteiger partial charge in [-0.2, -0.15) is 0 Å². The summed E-state index contributed by atoms with van der Waals surface area (Å²) in [5, 5.41) is 0.648. The summed E-state index contributed by atoms with van der Waals surface area (Å²) in [4.78, 5) is 17.9. The van der Waals surface area contributed by atoms with Crippen LogP contribution in [0.5, 0.6) is 0 Å². The average Bonchev–Trinajstić information content (AvgIpc) is 2.72. The number of aryl methyl sites for hydroxylation is 1. The minimum Gasteiger partial charge on any atom is -0.292 e. The van der Waals surface area contributed by atoms with E-state index in [1.807, 2.05) is 78.9 Å². The van der Waals surface area contributed by atoms with Gasteiger partial charge in [-0.05, 0) is 47.9 Å². The summed E-state index contributed by atoms with van der Waals surface area (Å²) in [5.41, 5.74) is 2.96. The summed E-state index contributed by atoms with van der Waals surface area (Å²) in [6.07, 6.45) is 4.68. The number of fused-ring (bicyclic) bond motifs is 1. The van der Waals surface area contributed by atoms with Crippen LogP contribution in [-0.4, -0.2) is 9.55 Å². The van der Waals surface area contributed by atoms with Crippen LogP contribution in [0.1, 0.15) is 17.0 Å². The number of rotatable bonds is 5. The van der Waals surface area contributed by atoms with Gasteiger partial charge in [-0.25, -0.2) is 4.98 Å². The van der Waals surface area contributed by atoms with Crippen LogP contribution < -0.4 is 5.56 Å². The van der Waals surface area contributed by atoms with Crippen molar-refractivity contribution in [1.29, 1.82) is 0 Å². The zero-order valence-corrected chi connectivity index (χ0v) is 16.8. The topological polar surface area (TPSA) is 34.9 Å². The number of halogens is 1. The van der Waals surface area contributed by atoms with Gasteiger partial charge >= 0.3 is 0 Å². The molecule has 28 heavy (non-hydrogen) atoms. The molecule has 4 rings (SSSR count). The van der Waals surface area contributed by atoms with E-state index in [0.29, 0.717) is 17.8 Å². The lowest BCUT2D eigenvalue weighted by Crippen LogP contribution is -2.24. The van der Waals surface area contributed by atoms with E-state index in [9.17, 15) is 4.79 Å². The second kappa shape index (κ2) is 8.36. The molecule has 138 valence electrons. The molecule has 0 fully saturated rings. The molecular formula is C24H19BrN2O. The largest absolute Gasteiger partial charge is 0.292 e. The van der Waals surface area contributed by atoms with Gasteiger partial charge in [-0.15, -0.1) is 0 Å². The van der Waals surface area contributed by atoms with E-state index in [2.05, 4.69) is 28.1 Å². The first-order chi connectivity index (χ1) is 13.7. The van der Waals surface area contributed by atoms with Crippen LogP contribution in [0.2, 0.25) is 0 Å². The molecule has 0 spiro atoms. The SMILES string of the molecule is O=c1c2ccccc2nc(/C=C/c2cccc(Br)c2)n1CCc1ccccc1. The Morgan fingerprint density at radius 3 is 2.50 bits per heavy atom. The van der Waals surface area contributed by atoms with Gasteiger partial charge in [0.15, 0.2) is 0 Å². The van der Waals surface area contributed by atoms with E-state index < -0.39 is 0 Å². The van der Waals surface area contributed by atoms with Gasteiger partial charge in [-0.1, -0.05) is 76.6 Å². The van der Waals surface area contributed by atoms with Gasteiger partial charge in [0.25, 0.3) is 5.56 Å². The van der Waals surface area contributed by atoms with E-state index in [-0.39, 0.29) is 5.56 Å². The zero-order valence-electron chi connectivity index (χ0n) is 15.3. The Bertz CT molecular complexity index is 1200. The fourth-order valence-electron chi connectivity index (χ4n) is 3.20. The highest BCUT2D eigenvalue weighted by molar-refractivity contribution is 9.10. The van der Waals surface area contributed by atoms with Crippen LogP contribution in [0.25, 0.3) is 23.1 Å². The molecule has 0 aliphatic carbocycles. The summed E-state index contributed by atoms with van der Waals surface area (Å²) in [7, 11) is 0. The molecule has 0 bridgehead atoms. The van der Waals surface area contributed by atoms with Gasteiger partial charge in [-0.3, -0.25) is 9.36 Å². The fourth-order valence-corrected chi connectivity index (χ4v) is 3.61. The van der Waals surface area contributed by atoms with Gasteiger partial charge in [0.2, 0.25) is 0 Å². The quantitative estimate of drug-likeness (QED) is 0.414. The van der Waals surface area contributed by atoms with Crippen LogP contribution >= 0.6 is 15.9 Å². The Labute approximate surface area is 172 Å². The van der Waals surface area contributed by atoms with Crippen LogP contribution in [-0.2, 0) is 13.0 Å². The highest BCUT2D eigenvalue weighted by atomic mass is 79.9. The predicted molar refractivity (Wildman–Crippen MR) is 119 cm³/mol. The van der Waals surface area contributed by atoms with Crippen LogP contribution in [0.15, 0.2) is 88.1 Å². The van der Waals surface area contributed by atoms with E-state index in [0.717, 1.165) is 22.0 Å². The molecule has 0 saturated carbocycles. The molecule has 3 aromatic carbocycles. The van der Waals surface area contributed by atoms with Crippen molar-refractivity contribution in [3.05, 3.63) is 111 Å². The lowest BCUT2D eigenvalue weighted by atomic mass is 10.1. The lowest BCUT2D eigenvalue weighted by molar-refractivity contribution is 0.655. The minimum atomic E-state index is -0.00424. The van der Waals surface area contributed by atoms with Gasteiger partial charge in [0.1, 0.15) is 5.82 Å². The van der Waals surface area contributed by atoms with Crippen molar-refractivity contribution < 1.29 is 0 Å². The third kappa shape index (κ3) is 4.12. The van der Waals surface area contributed by atoms with Crippen LogP contribution in [0.3, 0.4) is 0 Å². The normalized spacial score (nSPS) is 11.3. The van der Waals surface area contributed by atoms with Crippen molar-refractivity contribution in [2.45, 2.75) is 13.0 Å². The second-order valence-corrected chi connectivity index (χ2v) is 7.48. The highest BCUT2D eigenvalue weighted by Gasteiger charge is 2.09. The molecule has 0 aliphatic rings. The number of hydrogen-bond donors (Lipinski definition) is 0. The smallest absolute Gasteiger partial charge is 0.261 e. The monoisotopic (exact) mass is 430 g/mol. The van der Waals surface area contributed by atoms with Gasteiger partial charge < -0.3 is 0 Å². The fraction of sp³-hybridized carbons (Fsp3) is 0.0833. The van der Waals surface area contributed by atoms with E-state index in [1.165, 1.54) is 5.56 Å². The predicted octanol–water partition coefficient (Wildman–Crippen LogP) is 5.57. The van der Waals surface area contributed by atoms with Crippen molar-refractivity contribution in [2.75, 3.05) is 0 Å². The Morgan fingerprint density at radius 1 is 0.893 bits per heavy atom. The number of nitrogens with zero attached hydrogens (tertiary/aromatic N) is 2. The van der Waals surface area contributed by atoms with E-state index >= 15 is 0 Å². The highest BCUT2D eigenvalue weighted by Crippen LogP contribution is 2.15. The molecule has 0 amide bonds.